The van der Waals surface area contributed by atoms with Gasteiger partial charge >= 0.3 is 6.18 Å². The zero-order chi connectivity index (χ0) is 10.8. The molecule has 1 saturated heterocycles. The minimum atomic E-state index is -4.68. The van der Waals surface area contributed by atoms with Crippen LogP contribution in [0.4, 0.5) is 13.2 Å². The molecule has 1 fully saturated rings. The van der Waals surface area contributed by atoms with E-state index in [4.69, 9.17) is 0 Å². The fourth-order valence-corrected chi connectivity index (χ4v) is 1.72. The van der Waals surface area contributed by atoms with E-state index in [0.717, 1.165) is 6.42 Å². The third kappa shape index (κ3) is 3.29. The molecule has 0 aromatic rings. The van der Waals surface area contributed by atoms with Crippen LogP contribution in [0, 0.1) is 5.92 Å². The molecule has 1 rings (SSSR count). The molecule has 1 aliphatic heterocycles. The lowest BCUT2D eigenvalue weighted by molar-refractivity contribution is -0.171. The van der Waals surface area contributed by atoms with E-state index in [1.807, 2.05) is 6.92 Å². The molecule has 2 nitrogen and oxygen atoms in total. The molecule has 0 aromatic carbocycles. The number of piperidine rings is 1. The lowest BCUT2D eigenvalue weighted by Crippen LogP contribution is -2.41. The summed E-state index contributed by atoms with van der Waals surface area (Å²) in [6.45, 7) is 2.70. The quantitative estimate of drug-likeness (QED) is 0.752. The summed E-state index contributed by atoms with van der Waals surface area (Å²) in [6.07, 6.45) is -3.48. The van der Waals surface area contributed by atoms with Gasteiger partial charge in [0.1, 0.15) is 0 Å². The third-order valence-corrected chi connectivity index (χ3v) is 2.51. The highest BCUT2D eigenvalue weighted by Crippen LogP contribution is 2.23. The second-order valence-corrected chi connectivity index (χ2v) is 3.91. The Hall–Kier alpha value is -0.580. The summed E-state index contributed by atoms with van der Waals surface area (Å²) in [7, 11) is 0. The van der Waals surface area contributed by atoms with Crippen molar-refractivity contribution >= 4 is 5.78 Å². The Kier molecular flexibility index (Phi) is 3.53. The Balaban J connectivity index is 2.40. The number of ketones is 1. The Morgan fingerprint density at radius 3 is 2.64 bits per heavy atom. The largest absolute Gasteiger partial charge is 0.450 e. The van der Waals surface area contributed by atoms with Gasteiger partial charge in [-0.1, -0.05) is 6.92 Å². The SMILES string of the molecule is CC1CCNC(CC(=O)C(F)(F)F)C1. The number of Topliss-reactive ketones (excluding diaryl/α,β-unsaturated/α-hetero) is 1. The Morgan fingerprint density at radius 1 is 1.50 bits per heavy atom. The predicted molar refractivity (Wildman–Crippen MR) is 45.9 cm³/mol. The monoisotopic (exact) mass is 209 g/mol. The van der Waals surface area contributed by atoms with Crippen LogP contribution in [0.2, 0.25) is 0 Å². The summed E-state index contributed by atoms with van der Waals surface area (Å²) >= 11 is 0. The van der Waals surface area contributed by atoms with Gasteiger partial charge in [-0.25, -0.2) is 0 Å². The Labute approximate surface area is 80.9 Å². The number of halogens is 3. The minimum absolute atomic E-state index is 0.298. The van der Waals surface area contributed by atoms with Gasteiger partial charge in [0.15, 0.2) is 0 Å². The number of hydrogen-bond donors (Lipinski definition) is 1. The van der Waals surface area contributed by atoms with Gasteiger partial charge in [0.2, 0.25) is 5.78 Å². The number of alkyl halides is 3. The van der Waals surface area contributed by atoms with E-state index in [-0.39, 0.29) is 6.04 Å². The topological polar surface area (TPSA) is 29.1 Å². The number of carbonyl (C=O) groups excluding carboxylic acids is 1. The molecule has 0 radical (unpaired) electrons. The van der Waals surface area contributed by atoms with Crippen molar-refractivity contribution in [3.05, 3.63) is 0 Å². The van der Waals surface area contributed by atoms with Gasteiger partial charge in [-0.3, -0.25) is 4.79 Å². The van der Waals surface area contributed by atoms with Crippen molar-refractivity contribution in [1.29, 1.82) is 0 Å². The molecule has 2 atom stereocenters. The summed E-state index contributed by atoms with van der Waals surface area (Å²) in [5.74, 6) is -1.22. The van der Waals surface area contributed by atoms with E-state index in [2.05, 4.69) is 5.32 Å². The Bertz CT molecular complexity index is 215. The molecular formula is C9H14F3NO. The van der Waals surface area contributed by atoms with Gasteiger partial charge in [-0.05, 0) is 25.3 Å². The van der Waals surface area contributed by atoms with Gasteiger partial charge in [0.25, 0.3) is 0 Å². The van der Waals surface area contributed by atoms with Crippen molar-refractivity contribution in [2.45, 2.75) is 38.4 Å². The molecule has 14 heavy (non-hydrogen) atoms. The highest BCUT2D eigenvalue weighted by atomic mass is 19.4. The van der Waals surface area contributed by atoms with Crippen molar-refractivity contribution < 1.29 is 18.0 Å². The van der Waals surface area contributed by atoms with E-state index in [1.54, 1.807) is 0 Å². The van der Waals surface area contributed by atoms with Crippen LogP contribution < -0.4 is 5.32 Å². The van der Waals surface area contributed by atoms with E-state index >= 15 is 0 Å². The average molecular weight is 209 g/mol. The number of rotatable bonds is 2. The molecular weight excluding hydrogens is 195 g/mol. The van der Waals surface area contributed by atoms with Gasteiger partial charge in [0.05, 0.1) is 0 Å². The highest BCUT2D eigenvalue weighted by Gasteiger charge is 2.39. The van der Waals surface area contributed by atoms with Crippen LogP contribution >= 0.6 is 0 Å². The van der Waals surface area contributed by atoms with Gasteiger partial charge in [-0.15, -0.1) is 0 Å². The van der Waals surface area contributed by atoms with E-state index in [9.17, 15) is 18.0 Å². The average Bonchev–Trinajstić information content (AvgIpc) is 2.02. The van der Waals surface area contributed by atoms with E-state index < -0.39 is 18.4 Å². The van der Waals surface area contributed by atoms with Crippen LogP contribution in [0.25, 0.3) is 0 Å². The molecule has 1 aliphatic rings. The molecule has 0 saturated carbocycles. The first-order valence-corrected chi connectivity index (χ1v) is 4.73. The smallest absolute Gasteiger partial charge is 0.314 e. The van der Waals surface area contributed by atoms with Gasteiger partial charge in [-0.2, -0.15) is 13.2 Å². The summed E-state index contributed by atoms with van der Waals surface area (Å²) in [4.78, 5) is 10.7. The molecule has 0 spiro atoms. The molecule has 1 N–H and O–H groups in total. The van der Waals surface area contributed by atoms with E-state index in [0.29, 0.717) is 18.9 Å². The van der Waals surface area contributed by atoms with Crippen molar-refractivity contribution in [2.75, 3.05) is 6.54 Å². The molecule has 5 heteroatoms. The number of carbonyl (C=O) groups is 1. The summed E-state index contributed by atoms with van der Waals surface area (Å²) in [5.41, 5.74) is 0. The second kappa shape index (κ2) is 4.29. The Morgan fingerprint density at radius 2 is 2.14 bits per heavy atom. The lowest BCUT2D eigenvalue weighted by atomic mass is 9.91. The maximum Gasteiger partial charge on any atom is 0.450 e. The summed E-state index contributed by atoms with van der Waals surface area (Å²) < 4.78 is 35.8. The number of nitrogens with one attached hydrogen (secondary N) is 1. The first-order valence-electron chi connectivity index (χ1n) is 4.73. The molecule has 82 valence electrons. The molecule has 1 heterocycles. The van der Waals surface area contributed by atoms with Crippen LogP contribution in [-0.2, 0) is 4.79 Å². The third-order valence-electron chi connectivity index (χ3n) is 2.51. The minimum Gasteiger partial charge on any atom is -0.314 e. The normalized spacial score (nSPS) is 28.9. The first kappa shape index (κ1) is 11.5. The standard InChI is InChI=1S/C9H14F3NO/c1-6-2-3-13-7(4-6)5-8(14)9(10,11)12/h6-7,13H,2-5H2,1H3. The van der Waals surface area contributed by atoms with Crippen molar-refractivity contribution in [3.63, 3.8) is 0 Å². The predicted octanol–water partition coefficient (Wildman–Crippen LogP) is 1.90. The maximum atomic E-state index is 11.9. The summed E-state index contributed by atoms with van der Waals surface area (Å²) in [5, 5.41) is 2.93. The number of hydrogen-bond acceptors (Lipinski definition) is 2. The molecule has 0 bridgehead atoms. The van der Waals surface area contributed by atoms with Crippen molar-refractivity contribution in [2.24, 2.45) is 5.92 Å². The zero-order valence-corrected chi connectivity index (χ0v) is 8.03. The molecule has 0 aromatic heterocycles. The van der Waals surface area contributed by atoms with Crippen LogP contribution in [0.15, 0.2) is 0 Å². The second-order valence-electron chi connectivity index (χ2n) is 3.91. The zero-order valence-electron chi connectivity index (χ0n) is 8.03. The fraction of sp³-hybridized carbons (Fsp3) is 0.889. The maximum absolute atomic E-state index is 11.9. The summed E-state index contributed by atoms with van der Waals surface area (Å²) in [6, 6.07) is -0.298. The van der Waals surface area contributed by atoms with Crippen LogP contribution in [-0.4, -0.2) is 24.5 Å². The van der Waals surface area contributed by atoms with Crippen LogP contribution in [0.1, 0.15) is 26.2 Å². The van der Waals surface area contributed by atoms with Gasteiger partial charge < -0.3 is 5.32 Å². The van der Waals surface area contributed by atoms with E-state index in [1.165, 1.54) is 0 Å². The lowest BCUT2D eigenvalue weighted by Gasteiger charge is -2.27. The fourth-order valence-electron chi connectivity index (χ4n) is 1.72. The van der Waals surface area contributed by atoms with Crippen molar-refractivity contribution in [1.82, 2.24) is 5.32 Å². The van der Waals surface area contributed by atoms with Gasteiger partial charge in [0, 0.05) is 12.5 Å². The van der Waals surface area contributed by atoms with Crippen molar-refractivity contribution in [3.8, 4) is 0 Å². The van der Waals surface area contributed by atoms with Crippen LogP contribution in [0.5, 0.6) is 0 Å². The molecule has 0 amide bonds. The highest BCUT2D eigenvalue weighted by molar-refractivity contribution is 5.84. The first-order chi connectivity index (χ1) is 6.39. The molecule has 0 aliphatic carbocycles. The van der Waals surface area contributed by atoms with Crippen LogP contribution in [0.3, 0.4) is 0 Å². The molecule has 2 unspecified atom stereocenters.